The molecule has 0 unspecified atom stereocenters. The Balaban J connectivity index is 1.60. The van der Waals surface area contributed by atoms with E-state index in [1.165, 1.54) is 12.1 Å². The van der Waals surface area contributed by atoms with E-state index in [1.807, 2.05) is 0 Å². The number of carbonyl (C=O) groups excluding carboxylic acids is 1. The number of carbonyl (C=O) groups is 2. The van der Waals surface area contributed by atoms with E-state index in [0.717, 1.165) is 25.5 Å². The highest BCUT2D eigenvalue weighted by molar-refractivity contribution is 5.97. The SMILES string of the molecule is O=C(O)c1cccc(C(=O)N2CCN(Cc3ncc[nH]3)CC2)c1. The summed E-state index contributed by atoms with van der Waals surface area (Å²) in [5, 5.41) is 9.02. The van der Waals surface area contributed by atoms with Crippen LogP contribution in [-0.4, -0.2) is 62.9 Å². The van der Waals surface area contributed by atoms with E-state index in [4.69, 9.17) is 5.11 Å². The van der Waals surface area contributed by atoms with Crippen LogP contribution in [0.5, 0.6) is 0 Å². The topological polar surface area (TPSA) is 89.5 Å². The third-order valence-electron chi connectivity index (χ3n) is 3.94. The third kappa shape index (κ3) is 3.57. The molecule has 120 valence electrons. The van der Waals surface area contributed by atoms with Gasteiger partial charge in [-0.3, -0.25) is 9.69 Å². The fraction of sp³-hybridized carbons (Fsp3) is 0.312. The summed E-state index contributed by atoms with van der Waals surface area (Å²) < 4.78 is 0. The zero-order chi connectivity index (χ0) is 16.2. The summed E-state index contributed by atoms with van der Waals surface area (Å²) >= 11 is 0. The summed E-state index contributed by atoms with van der Waals surface area (Å²) in [4.78, 5) is 34.8. The number of carboxylic acids is 1. The molecule has 2 aromatic rings. The van der Waals surface area contributed by atoms with Crippen LogP contribution in [0.2, 0.25) is 0 Å². The van der Waals surface area contributed by atoms with Gasteiger partial charge in [-0.2, -0.15) is 0 Å². The Hall–Kier alpha value is -2.67. The van der Waals surface area contributed by atoms with E-state index in [0.29, 0.717) is 18.7 Å². The first kappa shape index (κ1) is 15.2. The van der Waals surface area contributed by atoms with Crippen molar-refractivity contribution in [2.75, 3.05) is 26.2 Å². The van der Waals surface area contributed by atoms with Gasteiger partial charge in [-0.15, -0.1) is 0 Å². The van der Waals surface area contributed by atoms with Gasteiger partial charge in [-0.1, -0.05) is 6.07 Å². The number of piperazine rings is 1. The first-order valence-corrected chi connectivity index (χ1v) is 7.47. The maximum absolute atomic E-state index is 12.5. The van der Waals surface area contributed by atoms with Crippen molar-refractivity contribution in [3.63, 3.8) is 0 Å². The minimum Gasteiger partial charge on any atom is -0.478 e. The number of benzene rings is 1. The molecule has 0 bridgehead atoms. The predicted octanol–water partition coefficient (Wildman–Crippen LogP) is 1.07. The summed E-state index contributed by atoms with van der Waals surface area (Å²) in [6, 6.07) is 6.17. The van der Waals surface area contributed by atoms with Crippen molar-refractivity contribution in [2.45, 2.75) is 6.54 Å². The van der Waals surface area contributed by atoms with Gasteiger partial charge in [-0.05, 0) is 18.2 Å². The number of nitrogens with zero attached hydrogens (tertiary/aromatic N) is 3. The Kier molecular flexibility index (Phi) is 4.38. The maximum Gasteiger partial charge on any atom is 0.335 e. The number of carboxylic acid groups (broad SMARTS) is 1. The quantitative estimate of drug-likeness (QED) is 0.881. The average molecular weight is 314 g/mol. The monoisotopic (exact) mass is 314 g/mol. The van der Waals surface area contributed by atoms with Gasteiger partial charge in [0, 0.05) is 44.1 Å². The number of rotatable bonds is 4. The van der Waals surface area contributed by atoms with Crippen LogP contribution in [0.4, 0.5) is 0 Å². The second kappa shape index (κ2) is 6.62. The molecular formula is C16H18N4O3. The van der Waals surface area contributed by atoms with Crippen LogP contribution in [0, 0.1) is 0 Å². The summed E-state index contributed by atoms with van der Waals surface area (Å²) in [6.07, 6.45) is 3.52. The van der Waals surface area contributed by atoms with E-state index >= 15 is 0 Å². The summed E-state index contributed by atoms with van der Waals surface area (Å²) in [5.74, 6) is -0.229. The fourth-order valence-corrected chi connectivity index (χ4v) is 2.67. The molecule has 1 aromatic carbocycles. The van der Waals surface area contributed by atoms with Gasteiger partial charge in [-0.25, -0.2) is 9.78 Å². The maximum atomic E-state index is 12.5. The molecule has 7 nitrogen and oxygen atoms in total. The molecule has 1 aliphatic rings. The second-order valence-corrected chi connectivity index (χ2v) is 5.49. The molecule has 0 saturated carbocycles. The number of imidazole rings is 1. The van der Waals surface area contributed by atoms with Gasteiger partial charge in [0.05, 0.1) is 12.1 Å². The van der Waals surface area contributed by atoms with Crippen LogP contribution in [0.15, 0.2) is 36.7 Å². The van der Waals surface area contributed by atoms with Crippen LogP contribution in [-0.2, 0) is 6.54 Å². The highest BCUT2D eigenvalue weighted by atomic mass is 16.4. The van der Waals surface area contributed by atoms with Crippen molar-refractivity contribution < 1.29 is 14.7 Å². The van der Waals surface area contributed by atoms with Crippen LogP contribution >= 0.6 is 0 Å². The van der Waals surface area contributed by atoms with E-state index < -0.39 is 5.97 Å². The minimum absolute atomic E-state index is 0.120. The molecule has 1 fully saturated rings. The van der Waals surface area contributed by atoms with Crippen molar-refractivity contribution in [3.8, 4) is 0 Å². The van der Waals surface area contributed by atoms with Gasteiger partial charge in [0.1, 0.15) is 5.82 Å². The Morgan fingerprint density at radius 1 is 1.17 bits per heavy atom. The Labute approximate surface area is 133 Å². The standard InChI is InChI=1S/C16H18N4O3/c21-15(12-2-1-3-13(10-12)16(22)23)20-8-6-19(7-9-20)11-14-17-4-5-18-14/h1-5,10H,6-9,11H2,(H,17,18)(H,22,23). The first-order valence-electron chi connectivity index (χ1n) is 7.47. The lowest BCUT2D eigenvalue weighted by Gasteiger charge is -2.34. The molecule has 1 aliphatic heterocycles. The molecule has 1 saturated heterocycles. The predicted molar refractivity (Wildman–Crippen MR) is 83.2 cm³/mol. The molecule has 3 rings (SSSR count). The highest BCUT2D eigenvalue weighted by Crippen LogP contribution is 2.12. The Bertz CT molecular complexity index is 691. The Morgan fingerprint density at radius 3 is 2.57 bits per heavy atom. The van der Waals surface area contributed by atoms with Crippen molar-refractivity contribution in [2.24, 2.45) is 0 Å². The zero-order valence-corrected chi connectivity index (χ0v) is 12.6. The lowest BCUT2D eigenvalue weighted by molar-refractivity contribution is 0.0625. The summed E-state index contributed by atoms with van der Waals surface area (Å²) in [5.41, 5.74) is 0.552. The van der Waals surface area contributed by atoms with Gasteiger partial charge in [0.15, 0.2) is 0 Å². The minimum atomic E-state index is -1.03. The van der Waals surface area contributed by atoms with E-state index in [9.17, 15) is 9.59 Å². The zero-order valence-electron chi connectivity index (χ0n) is 12.6. The molecule has 7 heteroatoms. The summed E-state index contributed by atoms with van der Waals surface area (Å²) in [6.45, 7) is 3.52. The Morgan fingerprint density at radius 2 is 1.91 bits per heavy atom. The number of H-pyrrole nitrogens is 1. The molecule has 2 N–H and O–H groups in total. The number of hydrogen-bond donors (Lipinski definition) is 2. The van der Waals surface area contributed by atoms with Crippen molar-refractivity contribution >= 4 is 11.9 Å². The number of aromatic nitrogens is 2. The molecule has 2 heterocycles. The third-order valence-corrected chi connectivity index (χ3v) is 3.94. The van der Waals surface area contributed by atoms with Crippen molar-refractivity contribution in [1.29, 1.82) is 0 Å². The number of nitrogens with one attached hydrogen (secondary N) is 1. The van der Waals surface area contributed by atoms with Gasteiger partial charge in [0.2, 0.25) is 0 Å². The molecule has 23 heavy (non-hydrogen) atoms. The lowest BCUT2D eigenvalue weighted by atomic mass is 10.1. The number of aromatic carboxylic acids is 1. The summed E-state index contributed by atoms with van der Waals surface area (Å²) in [7, 11) is 0. The molecule has 0 aliphatic carbocycles. The smallest absolute Gasteiger partial charge is 0.335 e. The molecule has 0 radical (unpaired) electrons. The number of hydrogen-bond acceptors (Lipinski definition) is 4. The van der Waals surface area contributed by atoms with E-state index in [2.05, 4.69) is 14.9 Å². The van der Waals surface area contributed by atoms with Crippen LogP contribution in [0.25, 0.3) is 0 Å². The second-order valence-electron chi connectivity index (χ2n) is 5.49. The normalized spacial score (nSPS) is 15.6. The van der Waals surface area contributed by atoms with E-state index in [-0.39, 0.29) is 11.5 Å². The fourth-order valence-electron chi connectivity index (χ4n) is 2.67. The van der Waals surface area contributed by atoms with Gasteiger partial charge in [0.25, 0.3) is 5.91 Å². The van der Waals surface area contributed by atoms with Gasteiger partial charge >= 0.3 is 5.97 Å². The molecule has 0 spiro atoms. The molecule has 0 atom stereocenters. The van der Waals surface area contributed by atoms with Crippen LogP contribution in [0.3, 0.4) is 0 Å². The lowest BCUT2D eigenvalue weighted by Crippen LogP contribution is -2.48. The van der Waals surface area contributed by atoms with Crippen molar-refractivity contribution in [3.05, 3.63) is 53.6 Å². The number of amides is 1. The van der Waals surface area contributed by atoms with Crippen LogP contribution < -0.4 is 0 Å². The molecule has 1 aromatic heterocycles. The van der Waals surface area contributed by atoms with Crippen molar-refractivity contribution in [1.82, 2.24) is 19.8 Å². The largest absolute Gasteiger partial charge is 0.478 e. The first-order chi connectivity index (χ1) is 11.1. The highest BCUT2D eigenvalue weighted by Gasteiger charge is 2.23. The number of aromatic amines is 1. The van der Waals surface area contributed by atoms with Gasteiger partial charge < -0.3 is 15.0 Å². The van der Waals surface area contributed by atoms with Crippen LogP contribution in [0.1, 0.15) is 26.5 Å². The molecular weight excluding hydrogens is 296 g/mol. The van der Waals surface area contributed by atoms with E-state index in [1.54, 1.807) is 29.4 Å². The molecule has 1 amide bonds. The average Bonchev–Trinajstić information content (AvgIpc) is 3.08.